The smallest absolute Gasteiger partial charge is 0.228 e. The third-order valence-electron chi connectivity index (χ3n) is 4.13. The van der Waals surface area contributed by atoms with Crippen molar-refractivity contribution in [2.24, 2.45) is 0 Å². The third kappa shape index (κ3) is 3.04. The molecular formula is C19H18BrNO2. The molecule has 0 aliphatic carbocycles. The second kappa shape index (κ2) is 6.20. The van der Waals surface area contributed by atoms with Gasteiger partial charge >= 0.3 is 0 Å². The summed E-state index contributed by atoms with van der Waals surface area (Å²) >= 11 is 3.44. The molecule has 3 nitrogen and oxygen atoms in total. The summed E-state index contributed by atoms with van der Waals surface area (Å²) in [4.78, 5) is 12.4. The minimum absolute atomic E-state index is 0.0581. The SMILES string of the molecule is Cc1cc(C)c2c(CC(=O)Nc3ccccc3Br)coc2c1C. The molecule has 0 saturated heterocycles. The van der Waals surface area contributed by atoms with E-state index >= 15 is 0 Å². The number of hydrogen-bond donors (Lipinski definition) is 1. The Kier molecular flexibility index (Phi) is 4.26. The van der Waals surface area contributed by atoms with Crippen LogP contribution in [0.2, 0.25) is 0 Å². The van der Waals surface area contributed by atoms with Crippen molar-refractivity contribution in [3.05, 3.63) is 63.3 Å². The molecule has 1 heterocycles. The Morgan fingerprint density at radius 2 is 1.91 bits per heavy atom. The normalized spacial score (nSPS) is 11.0. The largest absolute Gasteiger partial charge is 0.464 e. The summed E-state index contributed by atoms with van der Waals surface area (Å²) in [6.45, 7) is 6.18. The minimum Gasteiger partial charge on any atom is -0.464 e. The van der Waals surface area contributed by atoms with Gasteiger partial charge in [0.2, 0.25) is 5.91 Å². The van der Waals surface area contributed by atoms with Crippen LogP contribution in [0.25, 0.3) is 11.0 Å². The van der Waals surface area contributed by atoms with Crippen molar-refractivity contribution in [2.75, 3.05) is 5.32 Å². The maximum Gasteiger partial charge on any atom is 0.228 e. The van der Waals surface area contributed by atoms with Crippen LogP contribution in [0.5, 0.6) is 0 Å². The van der Waals surface area contributed by atoms with Crippen LogP contribution in [0.4, 0.5) is 5.69 Å². The maximum absolute atomic E-state index is 12.4. The molecular weight excluding hydrogens is 354 g/mol. The highest BCUT2D eigenvalue weighted by Crippen LogP contribution is 2.30. The van der Waals surface area contributed by atoms with Gasteiger partial charge in [0.05, 0.1) is 18.4 Å². The summed E-state index contributed by atoms with van der Waals surface area (Å²) < 4.78 is 6.60. The Morgan fingerprint density at radius 3 is 2.65 bits per heavy atom. The zero-order chi connectivity index (χ0) is 16.6. The van der Waals surface area contributed by atoms with E-state index in [9.17, 15) is 4.79 Å². The van der Waals surface area contributed by atoms with Crippen LogP contribution >= 0.6 is 15.9 Å². The molecule has 1 aromatic heterocycles. The average molecular weight is 372 g/mol. The number of para-hydroxylation sites is 1. The van der Waals surface area contributed by atoms with Gasteiger partial charge in [-0.25, -0.2) is 0 Å². The molecule has 2 aromatic carbocycles. The molecule has 118 valence electrons. The van der Waals surface area contributed by atoms with Crippen LogP contribution in [0.1, 0.15) is 22.3 Å². The second-order valence-corrected chi connectivity index (χ2v) is 6.66. The van der Waals surface area contributed by atoms with E-state index in [1.807, 2.05) is 31.2 Å². The molecule has 0 radical (unpaired) electrons. The molecule has 23 heavy (non-hydrogen) atoms. The summed E-state index contributed by atoms with van der Waals surface area (Å²) in [5, 5.41) is 3.98. The third-order valence-corrected chi connectivity index (χ3v) is 4.82. The Balaban J connectivity index is 1.89. The lowest BCUT2D eigenvalue weighted by Gasteiger charge is -2.08. The minimum atomic E-state index is -0.0581. The molecule has 0 aliphatic rings. The summed E-state index contributed by atoms with van der Waals surface area (Å²) in [7, 11) is 0. The van der Waals surface area contributed by atoms with Crippen LogP contribution in [0, 0.1) is 20.8 Å². The van der Waals surface area contributed by atoms with Gasteiger partial charge in [-0.1, -0.05) is 18.2 Å². The quantitative estimate of drug-likeness (QED) is 0.678. The van der Waals surface area contributed by atoms with E-state index in [-0.39, 0.29) is 12.3 Å². The molecule has 1 N–H and O–H groups in total. The highest BCUT2D eigenvalue weighted by atomic mass is 79.9. The van der Waals surface area contributed by atoms with Crippen molar-refractivity contribution >= 4 is 38.5 Å². The van der Waals surface area contributed by atoms with E-state index in [0.717, 1.165) is 37.8 Å². The van der Waals surface area contributed by atoms with Gasteiger partial charge in [-0.05, 0) is 65.5 Å². The van der Waals surface area contributed by atoms with E-state index in [4.69, 9.17) is 4.42 Å². The molecule has 3 aromatic rings. The monoisotopic (exact) mass is 371 g/mol. The van der Waals surface area contributed by atoms with Gasteiger partial charge in [-0.2, -0.15) is 0 Å². The van der Waals surface area contributed by atoms with Gasteiger partial charge in [0.1, 0.15) is 5.58 Å². The summed E-state index contributed by atoms with van der Waals surface area (Å²) in [5.41, 5.74) is 6.04. The van der Waals surface area contributed by atoms with Crippen molar-refractivity contribution in [1.29, 1.82) is 0 Å². The van der Waals surface area contributed by atoms with Gasteiger partial charge in [-0.3, -0.25) is 4.79 Å². The number of benzene rings is 2. The Morgan fingerprint density at radius 1 is 1.17 bits per heavy atom. The average Bonchev–Trinajstić information content (AvgIpc) is 2.91. The number of carbonyl (C=O) groups excluding carboxylic acids is 1. The fourth-order valence-corrected chi connectivity index (χ4v) is 3.23. The van der Waals surface area contributed by atoms with Gasteiger partial charge in [0, 0.05) is 15.4 Å². The number of furan rings is 1. The lowest BCUT2D eigenvalue weighted by molar-refractivity contribution is -0.115. The van der Waals surface area contributed by atoms with Gasteiger partial charge in [0.25, 0.3) is 0 Å². The number of anilines is 1. The van der Waals surface area contributed by atoms with E-state index in [1.165, 1.54) is 5.56 Å². The fraction of sp³-hybridized carbons (Fsp3) is 0.211. The number of carbonyl (C=O) groups is 1. The topological polar surface area (TPSA) is 42.2 Å². The fourth-order valence-electron chi connectivity index (χ4n) is 2.85. The molecule has 0 aliphatic heterocycles. The van der Waals surface area contributed by atoms with Crippen molar-refractivity contribution in [3.8, 4) is 0 Å². The number of aryl methyl sites for hydroxylation is 3. The number of amides is 1. The molecule has 0 bridgehead atoms. The van der Waals surface area contributed by atoms with Crippen molar-refractivity contribution in [3.63, 3.8) is 0 Å². The number of halogens is 1. The zero-order valence-electron chi connectivity index (χ0n) is 13.4. The molecule has 0 saturated carbocycles. The predicted molar refractivity (Wildman–Crippen MR) is 96.9 cm³/mol. The molecule has 0 atom stereocenters. The van der Waals surface area contributed by atoms with Crippen LogP contribution in [0.15, 0.2) is 45.5 Å². The number of hydrogen-bond acceptors (Lipinski definition) is 2. The molecule has 0 spiro atoms. The lowest BCUT2D eigenvalue weighted by Crippen LogP contribution is -2.14. The highest BCUT2D eigenvalue weighted by molar-refractivity contribution is 9.10. The summed E-state index contributed by atoms with van der Waals surface area (Å²) in [5.74, 6) is -0.0581. The first-order chi connectivity index (χ1) is 11.0. The summed E-state index contributed by atoms with van der Waals surface area (Å²) in [6, 6.07) is 9.72. The number of rotatable bonds is 3. The Bertz CT molecular complexity index is 896. The van der Waals surface area contributed by atoms with Gasteiger partial charge < -0.3 is 9.73 Å². The molecule has 0 fully saturated rings. The molecule has 1 amide bonds. The zero-order valence-corrected chi connectivity index (χ0v) is 15.0. The first-order valence-corrected chi connectivity index (χ1v) is 8.28. The van der Waals surface area contributed by atoms with Gasteiger partial charge in [-0.15, -0.1) is 0 Å². The molecule has 4 heteroatoms. The molecule has 3 rings (SSSR count). The first-order valence-electron chi connectivity index (χ1n) is 7.48. The lowest BCUT2D eigenvalue weighted by atomic mass is 9.99. The number of nitrogens with one attached hydrogen (secondary N) is 1. The van der Waals surface area contributed by atoms with Crippen molar-refractivity contribution in [2.45, 2.75) is 27.2 Å². The van der Waals surface area contributed by atoms with Gasteiger partial charge in [0.15, 0.2) is 0 Å². The number of fused-ring (bicyclic) bond motifs is 1. The standard InChI is InChI=1S/C19H18BrNO2/c1-11-8-12(2)18-14(10-23-19(18)13(11)3)9-17(22)21-16-7-5-4-6-15(16)20/h4-8,10H,9H2,1-3H3,(H,21,22). The van der Waals surface area contributed by atoms with Crippen LogP contribution < -0.4 is 5.32 Å². The van der Waals surface area contributed by atoms with Crippen LogP contribution in [-0.2, 0) is 11.2 Å². The highest BCUT2D eigenvalue weighted by Gasteiger charge is 2.15. The Hall–Kier alpha value is -2.07. The van der Waals surface area contributed by atoms with E-state index < -0.39 is 0 Å². The van der Waals surface area contributed by atoms with E-state index in [1.54, 1.807) is 6.26 Å². The van der Waals surface area contributed by atoms with Crippen molar-refractivity contribution < 1.29 is 9.21 Å². The summed E-state index contributed by atoms with van der Waals surface area (Å²) in [6.07, 6.45) is 1.99. The first kappa shape index (κ1) is 15.8. The van der Waals surface area contributed by atoms with E-state index in [0.29, 0.717) is 0 Å². The Labute approximate surface area is 143 Å². The second-order valence-electron chi connectivity index (χ2n) is 5.81. The van der Waals surface area contributed by atoms with Crippen molar-refractivity contribution in [1.82, 2.24) is 0 Å². The maximum atomic E-state index is 12.4. The van der Waals surface area contributed by atoms with Crippen LogP contribution in [-0.4, -0.2) is 5.91 Å². The van der Waals surface area contributed by atoms with E-state index in [2.05, 4.69) is 41.2 Å². The predicted octanol–water partition coefficient (Wildman–Crippen LogP) is 5.30. The molecule has 0 unspecified atom stereocenters. The van der Waals surface area contributed by atoms with Crippen LogP contribution in [0.3, 0.4) is 0 Å².